The molecule has 0 radical (unpaired) electrons. The van der Waals surface area contributed by atoms with Crippen molar-refractivity contribution in [2.75, 3.05) is 6.61 Å². The van der Waals surface area contributed by atoms with E-state index in [1.165, 1.54) is 18.2 Å². The Morgan fingerprint density at radius 1 is 1.25 bits per heavy atom. The van der Waals surface area contributed by atoms with Gasteiger partial charge in [0.25, 0.3) is 0 Å². The highest BCUT2D eigenvalue weighted by atomic mass is 35.5. The van der Waals surface area contributed by atoms with Crippen molar-refractivity contribution in [3.05, 3.63) is 64.4 Å². The molecule has 3 rings (SSSR count). The van der Waals surface area contributed by atoms with Gasteiger partial charge in [-0.3, -0.25) is 4.79 Å². The van der Waals surface area contributed by atoms with E-state index < -0.39 is 5.82 Å². The van der Waals surface area contributed by atoms with Crippen molar-refractivity contribution in [1.82, 2.24) is 0 Å². The third kappa shape index (κ3) is 2.29. The molecular formula is C16H12ClFO2. The van der Waals surface area contributed by atoms with Crippen molar-refractivity contribution in [2.45, 2.75) is 12.3 Å². The van der Waals surface area contributed by atoms with Gasteiger partial charge in [0.05, 0.1) is 17.5 Å². The summed E-state index contributed by atoms with van der Waals surface area (Å²) in [6.45, 7) is 0.492. The predicted molar refractivity (Wildman–Crippen MR) is 75.0 cm³/mol. The van der Waals surface area contributed by atoms with Crippen LogP contribution in [0.1, 0.15) is 28.3 Å². The molecular weight excluding hydrogens is 279 g/mol. The van der Waals surface area contributed by atoms with Gasteiger partial charge in [-0.2, -0.15) is 0 Å². The molecule has 2 nitrogen and oxygen atoms in total. The molecule has 4 heteroatoms. The van der Waals surface area contributed by atoms with Gasteiger partial charge in [-0.15, -0.1) is 0 Å². The normalized spacial score (nSPS) is 17.2. The molecule has 1 atom stereocenters. The Bertz CT molecular complexity index is 669. The molecule has 0 bridgehead atoms. The van der Waals surface area contributed by atoms with Gasteiger partial charge < -0.3 is 4.74 Å². The van der Waals surface area contributed by atoms with E-state index in [1.807, 2.05) is 24.3 Å². The number of benzene rings is 2. The maximum atomic E-state index is 13.1. The maximum absolute atomic E-state index is 13.1. The number of halogens is 2. The minimum Gasteiger partial charge on any atom is -0.493 e. The maximum Gasteiger partial charge on any atom is 0.172 e. The Morgan fingerprint density at radius 3 is 2.85 bits per heavy atom. The number of ether oxygens (including phenoxy) is 1. The molecule has 0 saturated heterocycles. The zero-order valence-electron chi connectivity index (χ0n) is 10.6. The zero-order chi connectivity index (χ0) is 14.1. The molecule has 0 aromatic heterocycles. The molecule has 1 heterocycles. The smallest absolute Gasteiger partial charge is 0.172 e. The van der Waals surface area contributed by atoms with Gasteiger partial charge in [-0.05, 0) is 30.7 Å². The fourth-order valence-electron chi connectivity index (χ4n) is 2.49. The second kappa shape index (κ2) is 5.25. The number of carbonyl (C=O) groups excluding carboxylic acids is 1. The fraction of sp³-hybridized carbons (Fsp3) is 0.188. The molecule has 0 N–H and O–H groups in total. The molecule has 0 amide bonds. The van der Waals surface area contributed by atoms with Crippen LogP contribution in [0.3, 0.4) is 0 Å². The van der Waals surface area contributed by atoms with Gasteiger partial charge in [0.2, 0.25) is 0 Å². The van der Waals surface area contributed by atoms with Crippen LogP contribution in [-0.4, -0.2) is 12.4 Å². The van der Waals surface area contributed by atoms with Crippen LogP contribution < -0.4 is 4.74 Å². The predicted octanol–water partition coefficient (Wildman–Crippen LogP) is 4.23. The number of para-hydroxylation sites is 1. The van der Waals surface area contributed by atoms with E-state index in [-0.39, 0.29) is 16.7 Å². The standard InChI is InChI=1S/C16H12ClFO2/c17-14-9-10(18)5-6-13(14)16(19)12-7-8-20-15-4-2-1-3-11(12)15/h1-6,9,12H,7-8H2. The summed E-state index contributed by atoms with van der Waals surface area (Å²) in [5.41, 5.74) is 1.22. The molecule has 0 aliphatic carbocycles. The van der Waals surface area contributed by atoms with E-state index in [1.54, 1.807) is 0 Å². The lowest BCUT2D eigenvalue weighted by atomic mass is 9.86. The second-order valence-electron chi connectivity index (χ2n) is 4.72. The van der Waals surface area contributed by atoms with Crippen LogP contribution >= 0.6 is 11.6 Å². The summed E-state index contributed by atoms with van der Waals surface area (Å²) in [5.74, 6) is -0.0945. The number of fused-ring (bicyclic) bond motifs is 1. The molecule has 2 aromatic carbocycles. The van der Waals surface area contributed by atoms with E-state index in [2.05, 4.69) is 0 Å². The lowest BCUT2D eigenvalue weighted by molar-refractivity contribution is 0.0933. The van der Waals surface area contributed by atoms with E-state index >= 15 is 0 Å². The van der Waals surface area contributed by atoms with Crippen LogP contribution in [0, 0.1) is 5.82 Å². The summed E-state index contributed by atoms with van der Waals surface area (Å²) in [7, 11) is 0. The van der Waals surface area contributed by atoms with Crippen molar-refractivity contribution in [3.8, 4) is 5.75 Å². The Balaban J connectivity index is 2.00. The number of carbonyl (C=O) groups is 1. The van der Waals surface area contributed by atoms with Crippen LogP contribution in [-0.2, 0) is 0 Å². The lowest BCUT2D eigenvalue weighted by Crippen LogP contribution is -2.21. The first kappa shape index (κ1) is 13.1. The Morgan fingerprint density at radius 2 is 2.05 bits per heavy atom. The van der Waals surface area contributed by atoms with Crippen molar-refractivity contribution < 1.29 is 13.9 Å². The van der Waals surface area contributed by atoms with Gasteiger partial charge >= 0.3 is 0 Å². The topological polar surface area (TPSA) is 26.3 Å². The van der Waals surface area contributed by atoms with Gasteiger partial charge in [-0.1, -0.05) is 29.8 Å². The number of rotatable bonds is 2. The minimum atomic E-state index is -0.445. The summed E-state index contributed by atoms with van der Waals surface area (Å²) < 4.78 is 18.6. The first-order valence-corrected chi connectivity index (χ1v) is 6.75. The van der Waals surface area contributed by atoms with Crippen molar-refractivity contribution in [3.63, 3.8) is 0 Å². The van der Waals surface area contributed by atoms with Gasteiger partial charge in [0, 0.05) is 11.1 Å². The second-order valence-corrected chi connectivity index (χ2v) is 5.12. The van der Waals surface area contributed by atoms with Gasteiger partial charge in [0.1, 0.15) is 11.6 Å². The Labute approximate surface area is 121 Å². The van der Waals surface area contributed by atoms with Gasteiger partial charge in [0.15, 0.2) is 5.78 Å². The molecule has 2 aromatic rings. The Kier molecular flexibility index (Phi) is 3.45. The number of ketones is 1. The molecule has 0 fully saturated rings. The first-order chi connectivity index (χ1) is 9.66. The summed E-state index contributed by atoms with van der Waals surface area (Å²) >= 11 is 5.98. The fourth-order valence-corrected chi connectivity index (χ4v) is 2.75. The molecule has 1 aliphatic heterocycles. The average Bonchev–Trinajstić information content (AvgIpc) is 2.46. The summed E-state index contributed by atoms with van der Waals surface area (Å²) in [6, 6.07) is 11.3. The average molecular weight is 291 g/mol. The number of hydrogen-bond acceptors (Lipinski definition) is 2. The Hall–Kier alpha value is -1.87. The third-order valence-corrected chi connectivity index (χ3v) is 3.78. The number of hydrogen-bond donors (Lipinski definition) is 0. The summed E-state index contributed by atoms with van der Waals surface area (Å²) in [5, 5.41) is 0.152. The number of Topliss-reactive ketones (excluding diaryl/α,β-unsaturated/α-hetero) is 1. The summed E-state index contributed by atoms with van der Waals surface area (Å²) in [4.78, 5) is 12.6. The van der Waals surface area contributed by atoms with Crippen LogP contribution in [0.5, 0.6) is 5.75 Å². The van der Waals surface area contributed by atoms with E-state index in [0.717, 1.165) is 11.3 Å². The molecule has 102 valence electrons. The first-order valence-electron chi connectivity index (χ1n) is 6.38. The van der Waals surface area contributed by atoms with Crippen LogP contribution in [0.4, 0.5) is 4.39 Å². The van der Waals surface area contributed by atoms with E-state index in [4.69, 9.17) is 16.3 Å². The lowest BCUT2D eigenvalue weighted by Gasteiger charge is -2.25. The van der Waals surface area contributed by atoms with Crippen molar-refractivity contribution >= 4 is 17.4 Å². The SMILES string of the molecule is O=C(c1ccc(F)cc1Cl)C1CCOc2ccccc21. The highest BCUT2D eigenvalue weighted by Crippen LogP contribution is 2.36. The summed E-state index contributed by atoms with van der Waals surface area (Å²) in [6.07, 6.45) is 0.601. The van der Waals surface area contributed by atoms with Crippen LogP contribution in [0.2, 0.25) is 5.02 Å². The molecule has 20 heavy (non-hydrogen) atoms. The van der Waals surface area contributed by atoms with E-state index in [0.29, 0.717) is 18.6 Å². The molecule has 0 spiro atoms. The quantitative estimate of drug-likeness (QED) is 0.774. The molecule has 1 unspecified atom stereocenters. The van der Waals surface area contributed by atoms with Crippen LogP contribution in [0.25, 0.3) is 0 Å². The third-order valence-electron chi connectivity index (χ3n) is 3.47. The van der Waals surface area contributed by atoms with Crippen molar-refractivity contribution in [1.29, 1.82) is 0 Å². The van der Waals surface area contributed by atoms with Crippen LogP contribution in [0.15, 0.2) is 42.5 Å². The minimum absolute atomic E-state index is 0.0919. The highest BCUT2D eigenvalue weighted by molar-refractivity contribution is 6.34. The van der Waals surface area contributed by atoms with Crippen molar-refractivity contribution in [2.24, 2.45) is 0 Å². The highest BCUT2D eigenvalue weighted by Gasteiger charge is 2.29. The monoisotopic (exact) mass is 290 g/mol. The molecule has 0 saturated carbocycles. The van der Waals surface area contributed by atoms with Gasteiger partial charge in [-0.25, -0.2) is 4.39 Å². The van der Waals surface area contributed by atoms with E-state index in [9.17, 15) is 9.18 Å². The zero-order valence-corrected chi connectivity index (χ0v) is 11.4. The largest absolute Gasteiger partial charge is 0.493 e. The molecule has 1 aliphatic rings.